The number of aliphatic hydroxyl groups is 1. The average Bonchev–Trinajstić information content (AvgIpc) is 2.93. The van der Waals surface area contributed by atoms with Gasteiger partial charge in [-0.1, -0.05) is 13.0 Å². The van der Waals surface area contributed by atoms with Gasteiger partial charge in [-0.25, -0.2) is 8.42 Å². The molecule has 0 radical (unpaired) electrons. The Bertz CT molecular complexity index is 813. The van der Waals surface area contributed by atoms with Crippen molar-refractivity contribution in [1.82, 2.24) is 4.90 Å². The van der Waals surface area contributed by atoms with Crippen LogP contribution in [0.3, 0.4) is 0 Å². The third-order valence-corrected chi connectivity index (χ3v) is 7.40. The third kappa shape index (κ3) is 3.66. The highest BCUT2D eigenvalue weighted by Gasteiger charge is 2.55. The minimum atomic E-state index is -3.48. The van der Waals surface area contributed by atoms with E-state index in [-0.39, 0.29) is 23.0 Å². The van der Waals surface area contributed by atoms with Gasteiger partial charge >= 0.3 is 0 Å². The van der Waals surface area contributed by atoms with Gasteiger partial charge in [0.25, 0.3) is 0 Å². The molecule has 6 nitrogen and oxygen atoms in total. The summed E-state index contributed by atoms with van der Waals surface area (Å²) in [5.41, 5.74) is 0.702. The van der Waals surface area contributed by atoms with Crippen LogP contribution >= 0.6 is 0 Å². The molecule has 2 aliphatic rings. The zero-order valence-electron chi connectivity index (χ0n) is 15.6. The van der Waals surface area contributed by atoms with Gasteiger partial charge in [0.2, 0.25) is 5.91 Å². The molecule has 2 aliphatic heterocycles. The molecule has 2 fully saturated rings. The van der Waals surface area contributed by atoms with Crippen LogP contribution in [0.2, 0.25) is 0 Å². The Labute approximate surface area is 155 Å². The number of ether oxygens (including phenoxy) is 1. The van der Waals surface area contributed by atoms with Gasteiger partial charge in [-0.2, -0.15) is 0 Å². The van der Waals surface area contributed by atoms with Gasteiger partial charge in [-0.05, 0) is 43.5 Å². The molecule has 1 atom stereocenters. The number of aryl methyl sites for hydroxylation is 2. The molecule has 26 heavy (non-hydrogen) atoms. The zero-order valence-corrected chi connectivity index (χ0v) is 16.4. The summed E-state index contributed by atoms with van der Waals surface area (Å²) in [6.07, 6.45) is 1.11. The first-order chi connectivity index (χ1) is 12.1. The zero-order chi connectivity index (χ0) is 19.2. The van der Waals surface area contributed by atoms with Crippen molar-refractivity contribution in [3.8, 4) is 0 Å². The van der Waals surface area contributed by atoms with Gasteiger partial charge in [-0.3, -0.25) is 4.79 Å². The summed E-state index contributed by atoms with van der Waals surface area (Å²) < 4.78 is 30.7. The smallest absolute Gasteiger partial charge is 0.223 e. The van der Waals surface area contributed by atoms with Crippen LogP contribution in [0.15, 0.2) is 23.1 Å². The summed E-state index contributed by atoms with van der Waals surface area (Å²) in [7, 11) is -3.48. The lowest BCUT2D eigenvalue weighted by Crippen LogP contribution is -2.63. The van der Waals surface area contributed by atoms with Crippen LogP contribution in [-0.4, -0.2) is 61.0 Å². The van der Waals surface area contributed by atoms with E-state index in [2.05, 4.69) is 0 Å². The Balaban J connectivity index is 1.54. The molecule has 1 aromatic carbocycles. The molecule has 1 unspecified atom stereocenters. The number of amides is 1. The van der Waals surface area contributed by atoms with Gasteiger partial charge in [0.05, 0.1) is 35.9 Å². The minimum absolute atomic E-state index is 0.0383. The topological polar surface area (TPSA) is 83.9 Å². The molecule has 0 aliphatic carbocycles. The van der Waals surface area contributed by atoms with Crippen molar-refractivity contribution in [3.05, 3.63) is 29.3 Å². The summed E-state index contributed by atoms with van der Waals surface area (Å²) in [5.74, 6) is -0.379. The van der Waals surface area contributed by atoms with Crippen LogP contribution in [0.1, 0.15) is 37.3 Å². The Hall–Kier alpha value is -1.44. The number of carbonyl (C=O) groups is 1. The highest BCUT2D eigenvalue weighted by atomic mass is 32.2. The molecule has 1 amide bonds. The van der Waals surface area contributed by atoms with Crippen molar-refractivity contribution < 1.29 is 23.1 Å². The molecule has 0 bridgehead atoms. The van der Waals surface area contributed by atoms with Gasteiger partial charge < -0.3 is 14.7 Å². The Morgan fingerprint density at radius 2 is 1.96 bits per heavy atom. The number of hydrogen-bond donors (Lipinski definition) is 1. The van der Waals surface area contributed by atoms with Crippen LogP contribution < -0.4 is 0 Å². The molecular formula is C19H27NO5S. The van der Waals surface area contributed by atoms with E-state index in [0.717, 1.165) is 11.1 Å². The van der Waals surface area contributed by atoms with Gasteiger partial charge in [0.1, 0.15) is 5.60 Å². The number of benzene rings is 1. The van der Waals surface area contributed by atoms with Gasteiger partial charge in [0.15, 0.2) is 9.84 Å². The monoisotopic (exact) mass is 381 g/mol. The summed E-state index contributed by atoms with van der Waals surface area (Å²) in [6.45, 7) is 6.88. The fourth-order valence-corrected chi connectivity index (χ4v) is 4.96. The van der Waals surface area contributed by atoms with Crippen LogP contribution in [-0.2, 0) is 19.4 Å². The van der Waals surface area contributed by atoms with E-state index in [0.29, 0.717) is 32.5 Å². The molecular weight excluding hydrogens is 354 g/mol. The van der Waals surface area contributed by atoms with Crippen LogP contribution in [0.4, 0.5) is 0 Å². The van der Waals surface area contributed by atoms with Crippen LogP contribution in [0, 0.1) is 13.8 Å². The first-order valence-corrected chi connectivity index (χ1v) is 10.7. The fourth-order valence-electron chi connectivity index (χ4n) is 3.65. The van der Waals surface area contributed by atoms with Crippen molar-refractivity contribution in [1.29, 1.82) is 0 Å². The standard InChI is InChI=1S/C19H27NO5S/c1-4-18(22)10-19(25-13-18)11-20(12-19)17(21)7-8-26(23,24)16-6-5-14(2)15(3)9-16/h5-6,9,22H,4,7-8,10-13H2,1-3H3. The number of likely N-dealkylation sites (tertiary alicyclic amines) is 1. The first-order valence-electron chi connectivity index (χ1n) is 9.02. The van der Waals surface area contributed by atoms with E-state index in [1.807, 2.05) is 20.8 Å². The van der Waals surface area contributed by atoms with Crippen LogP contribution in [0.25, 0.3) is 0 Å². The minimum Gasteiger partial charge on any atom is -0.387 e. The third-order valence-electron chi connectivity index (χ3n) is 5.69. The van der Waals surface area contributed by atoms with Crippen molar-refractivity contribution in [2.24, 2.45) is 0 Å². The van der Waals surface area contributed by atoms with E-state index in [9.17, 15) is 18.3 Å². The second-order valence-corrected chi connectivity index (χ2v) is 9.90. The van der Waals surface area contributed by atoms with Crippen molar-refractivity contribution in [2.45, 2.75) is 56.1 Å². The number of nitrogens with zero attached hydrogens (tertiary/aromatic N) is 1. The number of hydrogen-bond acceptors (Lipinski definition) is 5. The lowest BCUT2D eigenvalue weighted by atomic mass is 9.83. The first kappa shape index (κ1) is 19.3. The molecule has 144 valence electrons. The Morgan fingerprint density at radius 1 is 1.27 bits per heavy atom. The second kappa shape index (κ2) is 6.62. The molecule has 1 N–H and O–H groups in total. The summed E-state index contributed by atoms with van der Waals surface area (Å²) in [4.78, 5) is 14.2. The number of sulfone groups is 1. The van der Waals surface area contributed by atoms with Crippen molar-refractivity contribution in [3.63, 3.8) is 0 Å². The number of carbonyl (C=O) groups excluding carboxylic acids is 1. The average molecular weight is 381 g/mol. The quantitative estimate of drug-likeness (QED) is 0.838. The molecule has 0 saturated carbocycles. The molecule has 0 aromatic heterocycles. The van der Waals surface area contributed by atoms with E-state index < -0.39 is 21.0 Å². The van der Waals surface area contributed by atoms with Gasteiger partial charge in [0, 0.05) is 12.8 Å². The normalized spacial score (nSPS) is 24.7. The van der Waals surface area contributed by atoms with E-state index in [1.165, 1.54) is 0 Å². The molecule has 2 heterocycles. The van der Waals surface area contributed by atoms with E-state index in [1.54, 1.807) is 23.1 Å². The second-order valence-electron chi connectivity index (χ2n) is 7.79. The highest BCUT2D eigenvalue weighted by Crippen LogP contribution is 2.41. The maximum Gasteiger partial charge on any atom is 0.223 e. The van der Waals surface area contributed by atoms with Gasteiger partial charge in [-0.15, -0.1) is 0 Å². The summed E-state index contributed by atoms with van der Waals surface area (Å²) >= 11 is 0. The molecule has 1 spiro atoms. The van der Waals surface area contributed by atoms with E-state index >= 15 is 0 Å². The van der Waals surface area contributed by atoms with E-state index in [4.69, 9.17) is 4.74 Å². The van der Waals surface area contributed by atoms with Crippen LogP contribution in [0.5, 0.6) is 0 Å². The largest absolute Gasteiger partial charge is 0.387 e. The predicted molar refractivity (Wildman–Crippen MR) is 97.7 cm³/mol. The predicted octanol–water partition coefficient (Wildman–Crippen LogP) is 1.61. The summed E-state index contributed by atoms with van der Waals surface area (Å²) in [6, 6.07) is 5.04. The lowest BCUT2D eigenvalue weighted by Gasteiger charge is -2.47. The SMILES string of the molecule is CCC1(O)COC2(CN(C(=O)CCS(=O)(=O)c3ccc(C)c(C)c3)C2)C1. The summed E-state index contributed by atoms with van der Waals surface area (Å²) in [5, 5.41) is 10.3. The number of rotatable bonds is 5. The maximum atomic E-state index is 12.5. The molecule has 7 heteroatoms. The van der Waals surface area contributed by atoms with Crippen molar-refractivity contribution >= 4 is 15.7 Å². The maximum absolute atomic E-state index is 12.5. The fraction of sp³-hybridized carbons (Fsp3) is 0.632. The highest BCUT2D eigenvalue weighted by molar-refractivity contribution is 7.91. The Morgan fingerprint density at radius 3 is 2.54 bits per heavy atom. The molecule has 3 rings (SSSR count). The molecule has 1 aromatic rings. The molecule has 2 saturated heterocycles. The Kier molecular flexibility index (Phi) is 4.92. The lowest BCUT2D eigenvalue weighted by molar-refractivity contribution is -0.157. The van der Waals surface area contributed by atoms with Crippen molar-refractivity contribution in [2.75, 3.05) is 25.4 Å².